The number of nitrogens with zero attached hydrogens (tertiary/aromatic N) is 1. The molecule has 2 bridgehead atoms. The van der Waals surface area contributed by atoms with Crippen LogP contribution in [0, 0.1) is 23.7 Å². The first-order valence-corrected chi connectivity index (χ1v) is 8.85. The van der Waals surface area contributed by atoms with E-state index >= 15 is 0 Å². The first kappa shape index (κ1) is 15.4. The van der Waals surface area contributed by atoms with Gasteiger partial charge in [0.15, 0.2) is 0 Å². The largest absolute Gasteiger partial charge is 0.395 e. The second-order valence-corrected chi connectivity index (χ2v) is 6.93. The number of benzene rings is 2. The minimum Gasteiger partial charge on any atom is -0.395 e. The van der Waals surface area contributed by atoms with Crippen LogP contribution in [0.25, 0.3) is 11.1 Å². The Bertz CT molecular complexity index is 741. The number of rotatable bonds is 2. The van der Waals surface area contributed by atoms with Crippen molar-refractivity contribution in [1.82, 2.24) is 4.90 Å². The second-order valence-electron chi connectivity index (χ2n) is 6.93. The van der Waals surface area contributed by atoms with E-state index in [1.165, 1.54) is 17.5 Å². The molecular formula is C22H23NO. The van der Waals surface area contributed by atoms with Crippen LogP contribution in [0.4, 0.5) is 0 Å². The Balaban J connectivity index is 1.46. The molecule has 2 aromatic carbocycles. The van der Waals surface area contributed by atoms with Crippen LogP contribution < -0.4 is 0 Å². The van der Waals surface area contributed by atoms with Crippen LogP contribution in [-0.4, -0.2) is 35.7 Å². The maximum atomic E-state index is 9.45. The van der Waals surface area contributed by atoms with Gasteiger partial charge in [0, 0.05) is 24.1 Å². The Morgan fingerprint density at radius 1 is 1.00 bits per heavy atom. The van der Waals surface area contributed by atoms with Gasteiger partial charge in [0.25, 0.3) is 0 Å². The van der Waals surface area contributed by atoms with E-state index in [1.54, 1.807) is 0 Å². The summed E-state index contributed by atoms with van der Waals surface area (Å²) >= 11 is 0. The maximum Gasteiger partial charge on any atom is 0.0586 e. The quantitative estimate of drug-likeness (QED) is 0.858. The van der Waals surface area contributed by atoms with E-state index in [-0.39, 0.29) is 6.61 Å². The molecule has 3 saturated heterocycles. The second kappa shape index (κ2) is 6.81. The van der Waals surface area contributed by atoms with E-state index in [4.69, 9.17) is 0 Å². The van der Waals surface area contributed by atoms with Crippen molar-refractivity contribution in [2.24, 2.45) is 11.8 Å². The summed E-state index contributed by atoms with van der Waals surface area (Å²) < 4.78 is 0. The van der Waals surface area contributed by atoms with Crippen molar-refractivity contribution >= 4 is 0 Å². The number of hydrogen-bond donors (Lipinski definition) is 1. The van der Waals surface area contributed by atoms with Crippen molar-refractivity contribution in [2.75, 3.05) is 19.7 Å². The highest BCUT2D eigenvalue weighted by Gasteiger charge is 2.38. The van der Waals surface area contributed by atoms with Gasteiger partial charge in [-0.3, -0.25) is 4.90 Å². The lowest BCUT2D eigenvalue weighted by molar-refractivity contribution is -0.00370. The summed E-state index contributed by atoms with van der Waals surface area (Å²) in [7, 11) is 0. The van der Waals surface area contributed by atoms with Gasteiger partial charge in [0.05, 0.1) is 6.61 Å². The molecule has 0 aliphatic carbocycles. The molecule has 2 unspecified atom stereocenters. The summed E-state index contributed by atoms with van der Waals surface area (Å²) in [6.45, 7) is 2.43. The third kappa shape index (κ3) is 3.11. The van der Waals surface area contributed by atoms with Crippen molar-refractivity contribution in [3.8, 4) is 23.0 Å². The zero-order valence-corrected chi connectivity index (χ0v) is 13.9. The van der Waals surface area contributed by atoms with Crippen molar-refractivity contribution in [3.05, 3.63) is 60.2 Å². The molecule has 3 aliphatic rings. The average Bonchev–Trinajstić information content (AvgIpc) is 2.68. The molecule has 4 atom stereocenters. The summed E-state index contributed by atoms with van der Waals surface area (Å²) in [5.74, 6) is 7.98. The molecule has 2 nitrogen and oxygen atoms in total. The third-order valence-corrected chi connectivity index (χ3v) is 5.48. The summed E-state index contributed by atoms with van der Waals surface area (Å²) in [6.07, 6.45) is 2.32. The number of aliphatic hydroxyl groups excluding tert-OH is 1. The first-order chi connectivity index (χ1) is 11.8. The van der Waals surface area contributed by atoms with E-state index in [0.29, 0.717) is 17.9 Å². The van der Waals surface area contributed by atoms with Crippen molar-refractivity contribution in [2.45, 2.75) is 18.9 Å². The molecular weight excluding hydrogens is 294 g/mol. The lowest BCUT2D eigenvalue weighted by atomic mass is 9.76. The third-order valence-electron chi connectivity index (χ3n) is 5.48. The van der Waals surface area contributed by atoms with Gasteiger partial charge in [-0.1, -0.05) is 54.3 Å². The zero-order valence-electron chi connectivity index (χ0n) is 13.9. The highest BCUT2D eigenvalue weighted by Crippen LogP contribution is 2.35. The standard InChI is InChI=1S/C22H23NO/c24-16-22-14-20-12-13-23(22)15-21(20)11-8-17-6-9-19(10-7-17)18-4-2-1-3-5-18/h1-7,9-10,20-22,24H,12-16H2/t20?,21-,22-/m0/s1. The molecule has 3 aliphatic heterocycles. The Morgan fingerprint density at radius 3 is 2.42 bits per heavy atom. The average molecular weight is 317 g/mol. The summed E-state index contributed by atoms with van der Waals surface area (Å²) in [5, 5.41) is 9.45. The van der Waals surface area contributed by atoms with Gasteiger partial charge in [0.2, 0.25) is 0 Å². The first-order valence-electron chi connectivity index (χ1n) is 8.85. The molecule has 122 valence electrons. The monoisotopic (exact) mass is 317 g/mol. The van der Waals surface area contributed by atoms with Gasteiger partial charge in [-0.25, -0.2) is 0 Å². The predicted molar refractivity (Wildman–Crippen MR) is 97.4 cm³/mol. The van der Waals surface area contributed by atoms with Crippen molar-refractivity contribution in [1.29, 1.82) is 0 Å². The fourth-order valence-corrected chi connectivity index (χ4v) is 4.04. The fraction of sp³-hybridized carbons (Fsp3) is 0.364. The van der Waals surface area contributed by atoms with Gasteiger partial charge in [-0.15, -0.1) is 0 Å². The predicted octanol–water partition coefficient (Wildman–Crippen LogP) is 3.41. The van der Waals surface area contributed by atoms with Crippen LogP contribution in [0.5, 0.6) is 0 Å². The van der Waals surface area contributed by atoms with Crippen LogP contribution in [-0.2, 0) is 0 Å². The van der Waals surface area contributed by atoms with Gasteiger partial charge in [-0.2, -0.15) is 0 Å². The van der Waals surface area contributed by atoms with Crippen LogP contribution in [0.3, 0.4) is 0 Å². The molecule has 2 aromatic rings. The van der Waals surface area contributed by atoms with E-state index < -0.39 is 0 Å². The van der Waals surface area contributed by atoms with Gasteiger partial charge in [-0.05, 0) is 48.6 Å². The number of aliphatic hydroxyl groups is 1. The zero-order chi connectivity index (χ0) is 16.4. The molecule has 0 radical (unpaired) electrons. The minimum absolute atomic E-state index is 0.289. The normalized spacial score (nSPS) is 28.2. The lowest BCUT2D eigenvalue weighted by Gasteiger charge is -2.47. The smallest absolute Gasteiger partial charge is 0.0586 e. The number of fused-ring (bicyclic) bond motifs is 3. The van der Waals surface area contributed by atoms with E-state index in [1.807, 2.05) is 6.07 Å². The Labute approximate surface area is 144 Å². The number of hydrogen-bond acceptors (Lipinski definition) is 2. The molecule has 2 heteroatoms. The molecule has 0 saturated carbocycles. The number of piperidine rings is 3. The molecule has 3 fully saturated rings. The summed E-state index contributed by atoms with van der Waals surface area (Å²) in [6, 6.07) is 19.3. The van der Waals surface area contributed by atoms with Crippen LogP contribution in [0.15, 0.2) is 54.6 Å². The molecule has 1 N–H and O–H groups in total. The molecule has 0 spiro atoms. The van der Waals surface area contributed by atoms with Crippen LogP contribution in [0.2, 0.25) is 0 Å². The molecule has 5 rings (SSSR count). The van der Waals surface area contributed by atoms with Crippen molar-refractivity contribution in [3.63, 3.8) is 0 Å². The molecule has 0 amide bonds. The highest BCUT2D eigenvalue weighted by atomic mass is 16.3. The SMILES string of the molecule is OC[C@@H]1CC2CCN1C[C@@H]2C#Cc1ccc(-c2ccccc2)cc1. The van der Waals surface area contributed by atoms with Gasteiger partial charge in [0.1, 0.15) is 0 Å². The van der Waals surface area contributed by atoms with Gasteiger partial charge >= 0.3 is 0 Å². The topological polar surface area (TPSA) is 23.5 Å². The fourth-order valence-electron chi connectivity index (χ4n) is 4.04. The van der Waals surface area contributed by atoms with Crippen LogP contribution >= 0.6 is 0 Å². The van der Waals surface area contributed by atoms with Crippen molar-refractivity contribution < 1.29 is 5.11 Å². The van der Waals surface area contributed by atoms with E-state index in [0.717, 1.165) is 25.1 Å². The highest BCUT2D eigenvalue weighted by molar-refractivity contribution is 5.64. The Hall–Kier alpha value is -2.08. The minimum atomic E-state index is 0.289. The van der Waals surface area contributed by atoms with E-state index in [9.17, 15) is 5.11 Å². The van der Waals surface area contributed by atoms with Gasteiger partial charge < -0.3 is 5.11 Å². The Morgan fingerprint density at radius 2 is 1.75 bits per heavy atom. The molecule has 3 heterocycles. The lowest BCUT2D eigenvalue weighted by Crippen LogP contribution is -2.54. The molecule has 0 aromatic heterocycles. The molecule has 24 heavy (non-hydrogen) atoms. The summed E-state index contributed by atoms with van der Waals surface area (Å²) in [5.41, 5.74) is 3.56. The maximum absolute atomic E-state index is 9.45. The summed E-state index contributed by atoms with van der Waals surface area (Å²) in [4.78, 5) is 2.41. The Kier molecular flexibility index (Phi) is 4.38. The van der Waals surface area contributed by atoms with E-state index in [2.05, 4.69) is 65.3 Å². The van der Waals surface area contributed by atoms with Crippen LogP contribution in [0.1, 0.15) is 18.4 Å².